The molecule has 10 heteroatoms. The molecule has 0 radical (unpaired) electrons. The minimum atomic E-state index is -1.30. The van der Waals surface area contributed by atoms with E-state index in [1.807, 2.05) is 0 Å². The quantitative estimate of drug-likeness (QED) is 0.435. The van der Waals surface area contributed by atoms with Crippen molar-refractivity contribution in [3.63, 3.8) is 0 Å². The van der Waals surface area contributed by atoms with Crippen LogP contribution in [0.1, 0.15) is 15.4 Å². The Hall–Kier alpha value is -2.85. The molecule has 0 aliphatic rings. The van der Waals surface area contributed by atoms with Crippen molar-refractivity contribution in [3.05, 3.63) is 92.5 Å². The van der Waals surface area contributed by atoms with Gasteiger partial charge in [0.2, 0.25) is 0 Å². The second-order valence-electron chi connectivity index (χ2n) is 6.57. The average molecular weight is 473 g/mol. The van der Waals surface area contributed by atoms with Crippen LogP contribution in [0.2, 0.25) is 4.34 Å². The van der Waals surface area contributed by atoms with E-state index in [0.717, 1.165) is 0 Å². The predicted molar refractivity (Wildman–Crippen MR) is 122 cm³/mol. The molecule has 4 aromatic rings. The zero-order chi connectivity index (χ0) is 22.0. The van der Waals surface area contributed by atoms with Crippen LogP contribution in [-0.4, -0.2) is 30.8 Å². The van der Waals surface area contributed by atoms with Crippen LogP contribution in [0, 0.1) is 0 Å². The Morgan fingerprint density at radius 1 is 1.26 bits per heavy atom. The average Bonchev–Trinajstić information content (AvgIpc) is 3.41. The van der Waals surface area contributed by atoms with Crippen molar-refractivity contribution < 1.29 is 9.35 Å². The van der Waals surface area contributed by atoms with Crippen molar-refractivity contribution in [1.29, 1.82) is 0 Å². The zero-order valence-electron chi connectivity index (χ0n) is 16.3. The monoisotopic (exact) mass is 472 g/mol. The van der Waals surface area contributed by atoms with Gasteiger partial charge in [-0.3, -0.25) is 14.2 Å². The van der Waals surface area contributed by atoms with E-state index in [0.29, 0.717) is 31.2 Å². The van der Waals surface area contributed by atoms with Crippen LogP contribution in [0.25, 0.3) is 11.4 Å². The molecule has 3 aromatic heterocycles. The molecule has 0 bridgehead atoms. The molecular formula is C21H17ClN4O3S2. The molecule has 7 nitrogen and oxygen atoms in total. The molecule has 0 saturated carbocycles. The molecule has 1 unspecified atom stereocenters. The van der Waals surface area contributed by atoms with Gasteiger partial charge >= 0.3 is 0 Å². The van der Waals surface area contributed by atoms with Gasteiger partial charge in [0.1, 0.15) is 11.9 Å². The molecular weight excluding hydrogens is 456 g/mol. The summed E-state index contributed by atoms with van der Waals surface area (Å²) in [4.78, 5) is 29.7. The number of pyridine rings is 1. The third-order valence-corrected chi connectivity index (χ3v) is 6.67. The first-order chi connectivity index (χ1) is 14.9. The minimum absolute atomic E-state index is 0.171. The van der Waals surface area contributed by atoms with Gasteiger partial charge in [0.05, 0.1) is 33.5 Å². The summed E-state index contributed by atoms with van der Waals surface area (Å²) in [6, 6.07) is 13.6. The first kappa shape index (κ1) is 21.4. The number of nitrogens with zero attached hydrogens (tertiary/aromatic N) is 3. The molecule has 0 fully saturated rings. The van der Waals surface area contributed by atoms with Crippen molar-refractivity contribution in [2.75, 3.05) is 6.26 Å². The number of halogens is 1. The fourth-order valence-electron chi connectivity index (χ4n) is 3.02. The summed E-state index contributed by atoms with van der Waals surface area (Å²) in [6.07, 6.45) is 6.62. The first-order valence-electron chi connectivity index (χ1n) is 9.14. The third kappa shape index (κ3) is 4.75. The van der Waals surface area contributed by atoms with E-state index in [-0.39, 0.29) is 18.0 Å². The summed E-state index contributed by atoms with van der Waals surface area (Å²) in [6.45, 7) is 0.239. The van der Waals surface area contributed by atoms with Gasteiger partial charge < -0.3 is 14.4 Å². The van der Waals surface area contributed by atoms with Crippen LogP contribution >= 0.6 is 22.9 Å². The number of carbonyl (C=O) groups excluding carboxylic acids is 1. The minimum Gasteiger partial charge on any atom is -0.612 e. The highest BCUT2D eigenvalue weighted by Gasteiger charge is 2.17. The van der Waals surface area contributed by atoms with Gasteiger partial charge in [-0.1, -0.05) is 17.7 Å². The Morgan fingerprint density at radius 2 is 2.10 bits per heavy atom. The molecule has 0 aliphatic carbocycles. The normalized spacial score (nSPS) is 12.0. The van der Waals surface area contributed by atoms with Crippen LogP contribution in [0.4, 0.5) is 0 Å². The Kier molecular flexibility index (Phi) is 6.28. The number of carbonyl (C=O) groups is 1. The lowest BCUT2D eigenvalue weighted by molar-refractivity contribution is 0.0954. The molecule has 1 amide bonds. The van der Waals surface area contributed by atoms with E-state index in [1.165, 1.54) is 22.0 Å². The maximum atomic E-state index is 12.4. The van der Waals surface area contributed by atoms with E-state index in [1.54, 1.807) is 72.0 Å². The molecule has 31 heavy (non-hydrogen) atoms. The lowest BCUT2D eigenvalue weighted by atomic mass is 10.2. The van der Waals surface area contributed by atoms with E-state index >= 15 is 0 Å². The summed E-state index contributed by atoms with van der Waals surface area (Å²) < 4.78 is 16.2. The van der Waals surface area contributed by atoms with Crippen molar-refractivity contribution in [3.8, 4) is 11.4 Å². The lowest BCUT2D eigenvalue weighted by Crippen LogP contribution is -2.21. The van der Waals surface area contributed by atoms with Crippen molar-refractivity contribution in [1.82, 2.24) is 19.4 Å². The van der Waals surface area contributed by atoms with Crippen molar-refractivity contribution in [2.45, 2.75) is 11.4 Å². The van der Waals surface area contributed by atoms with Gasteiger partial charge in [0.15, 0.2) is 4.90 Å². The van der Waals surface area contributed by atoms with Crippen LogP contribution in [0.5, 0.6) is 0 Å². The smallest absolute Gasteiger partial charge is 0.261 e. The van der Waals surface area contributed by atoms with Gasteiger partial charge in [-0.05, 0) is 41.5 Å². The molecule has 0 aliphatic heterocycles. The Labute approximate surface area is 190 Å². The number of rotatable bonds is 6. The number of amides is 1. The van der Waals surface area contributed by atoms with E-state index < -0.39 is 11.2 Å². The van der Waals surface area contributed by atoms with Gasteiger partial charge in [0, 0.05) is 24.5 Å². The first-order valence-corrected chi connectivity index (χ1v) is 11.9. The summed E-state index contributed by atoms with van der Waals surface area (Å²) in [5, 5.41) is 2.81. The maximum absolute atomic E-state index is 12.4. The Bertz CT molecular complexity index is 1300. The van der Waals surface area contributed by atoms with E-state index in [2.05, 4.69) is 10.3 Å². The second-order valence-corrected chi connectivity index (χ2v) is 9.64. The number of hydrogen-bond acceptors (Lipinski definition) is 5. The molecule has 3 heterocycles. The van der Waals surface area contributed by atoms with Crippen LogP contribution < -0.4 is 10.9 Å². The topological polar surface area (TPSA) is 92.0 Å². The maximum Gasteiger partial charge on any atom is 0.261 e. The number of aromatic nitrogens is 3. The van der Waals surface area contributed by atoms with Crippen LogP contribution in [0.15, 0.2) is 76.9 Å². The number of imidazole rings is 1. The Morgan fingerprint density at radius 3 is 2.81 bits per heavy atom. The van der Waals surface area contributed by atoms with E-state index in [9.17, 15) is 14.1 Å². The molecule has 1 atom stereocenters. The van der Waals surface area contributed by atoms with Gasteiger partial charge in [-0.15, -0.1) is 11.3 Å². The fourth-order valence-corrected chi connectivity index (χ4v) is 4.73. The summed E-state index contributed by atoms with van der Waals surface area (Å²) in [7, 11) is 0. The van der Waals surface area contributed by atoms with Crippen molar-refractivity contribution >= 4 is 40.0 Å². The number of benzene rings is 1. The molecule has 158 valence electrons. The third-order valence-electron chi connectivity index (χ3n) is 4.50. The predicted octanol–water partition coefficient (Wildman–Crippen LogP) is 3.41. The van der Waals surface area contributed by atoms with Crippen LogP contribution in [-0.2, 0) is 17.7 Å². The fraction of sp³-hybridized carbons (Fsp3) is 0.0952. The van der Waals surface area contributed by atoms with Crippen molar-refractivity contribution in [2.24, 2.45) is 0 Å². The largest absolute Gasteiger partial charge is 0.612 e. The summed E-state index contributed by atoms with van der Waals surface area (Å²) in [5.74, 6) is -0.223. The number of hydrogen-bond donors (Lipinski definition) is 1. The number of nitrogens with one attached hydrogen (secondary N) is 1. The highest BCUT2D eigenvalue weighted by molar-refractivity contribution is 7.90. The molecule has 0 saturated heterocycles. The standard InChI is InChI=1S/C21H17ClN4O3S2/c1-31(29)18-10-15(26-9-3-2-4-20(26)27)5-6-16(18)25-12-14(24-13-25)11-23-21(28)17-7-8-19(22)30-17/h2-10,12-13H,11H2,1H3,(H,23,28). The molecule has 1 N–H and O–H groups in total. The number of thiophene rings is 1. The van der Waals surface area contributed by atoms with Gasteiger partial charge in [-0.25, -0.2) is 4.98 Å². The highest BCUT2D eigenvalue weighted by Crippen LogP contribution is 2.24. The highest BCUT2D eigenvalue weighted by atomic mass is 35.5. The van der Waals surface area contributed by atoms with E-state index in [4.69, 9.17) is 11.6 Å². The second kappa shape index (κ2) is 9.11. The molecule has 0 spiro atoms. The van der Waals surface area contributed by atoms with Crippen LogP contribution in [0.3, 0.4) is 0 Å². The molecule has 1 aromatic carbocycles. The van der Waals surface area contributed by atoms with Gasteiger partial charge in [0.25, 0.3) is 11.5 Å². The SMILES string of the molecule is C[S+]([O-])c1cc(-n2ccccc2=O)ccc1-n1cnc(CNC(=O)c2ccc(Cl)s2)c1. The summed E-state index contributed by atoms with van der Waals surface area (Å²) in [5.41, 5.74) is 1.79. The van der Waals surface area contributed by atoms with Gasteiger partial charge in [-0.2, -0.15) is 0 Å². The zero-order valence-corrected chi connectivity index (χ0v) is 18.7. The molecule has 4 rings (SSSR count). The Balaban J connectivity index is 1.57. The summed E-state index contributed by atoms with van der Waals surface area (Å²) >= 11 is 5.78. The lowest BCUT2D eigenvalue weighted by Gasteiger charge is -2.13.